The number of pyridine rings is 1. The van der Waals surface area contributed by atoms with E-state index < -0.39 is 0 Å². The highest BCUT2D eigenvalue weighted by Crippen LogP contribution is 2.19. The van der Waals surface area contributed by atoms with Crippen molar-refractivity contribution in [3.8, 4) is 11.4 Å². The summed E-state index contributed by atoms with van der Waals surface area (Å²) < 4.78 is 22.1. The van der Waals surface area contributed by atoms with Crippen LogP contribution in [0.1, 0.15) is 11.4 Å². The lowest BCUT2D eigenvalue weighted by Crippen LogP contribution is -2.16. The van der Waals surface area contributed by atoms with Gasteiger partial charge in [-0.25, -0.2) is 9.37 Å². The minimum atomic E-state index is -0.290. The summed E-state index contributed by atoms with van der Waals surface area (Å²) >= 11 is 0. The smallest absolute Gasteiger partial charge is 0.258 e. The first kappa shape index (κ1) is 17.0. The van der Waals surface area contributed by atoms with Crippen molar-refractivity contribution in [1.82, 2.24) is 14.1 Å². The number of aryl methyl sites for hydroxylation is 2. The first-order chi connectivity index (χ1) is 13.0. The number of fused-ring (bicyclic) bond motifs is 1. The number of aromatic nitrogens is 3. The fraction of sp³-hybridized carbons (Fsp3) is 0.143. The molecule has 2 heterocycles. The van der Waals surface area contributed by atoms with Crippen LogP contribution in [0, 0.1) is 12.7 Å². The molecule has 0 saturated heterocycles. The van der Waals surface area contributed by atoms with Gasteiger partial charge in [-0.1, -0.05) is 12.1 Å². The molecule has 0 amide bonds. The van der Waals surface area contributed by atoms with E-state index in [0.29, 0.717) is 5.75 Å². The molecule has 0 unspecified atom stereocenters. The third-order valence-corrected chi connectivity index (χ3v) is 4.58. The second kappa shape index (κ2) is 6.72. The van der Waals surface area contributed by atoms with E-state index in [-0.39, 0.29) is 18.0 Å². The summed E-state index contributed by atoms with van der Waals surface area (Å²) in [6, 6.07) is 15.0. The van der Waals surface area contributed by atoms with E-state index in [1.165, 1.54) is 18.2 Å². The molecule has 4 aromatic rings. The van der Waals surface area contributed by atoms with Crippen molar-refractivity contribution in [2.75, 3.05) is 0 Å². The Labute approximate surface area is 155 Å². The Morgan fingerprint density at radius 2 is 1.85 bits per heavy atom. The zero-order valence-electron chi connectivity index (χ0n) is 15.0. The van der Waals surface area contributed by atoms with Gasteiger partial charge in [-0.3, -0.25) is 9.36 Å². The highest BCUT2D eigenvalue weighted by atomic mass is 19.1. The lowest BCUT2D eigenvalue weighted by atomic mass is 10.2. The van der Waals surface area contributed by atoms with Crippen molar-refractivity contribution < 1.29 is 9.13 Å². The van der Waals surface area contributed by atoms with E-state index in [1.54, 1.807) is 29.0 Å². The van der Waals surface area contributed by atoms with Crippen LogP contribution in [0.25, 0.3) is 16.7 Å². The van der Waals surface area contributed by atoms with Crippen LogP contribution in [-0.4, -0.2) is 14.1 Å². The van der Waals surface area contributed by atoms with Crippen molar-refractivity contribution in [3.63, 3.8) is 0 Å². The minimum absolute atomic E-state index is 0.190. The van der Waals surface area contributed by atoms with Crippen LogP contribution in [-0.2, 0) is 13.7 Å². The van der Waals surface area contributed by atoms with Crippen LogP contribution >= 0.6 is 0 Å². The van der Waals surface area contributed by atoms with Gasteiger partial charge in [-0.2, -0.15) is 0 Å². The minimum Gasteiger partial charge on any atom is -0.489 e. The lowest BCUT2D eigenvalue weighted by molar-refractivity contribution is 0.305. The number of hydrogen-bond donors (Lipinski definition) is 0. The molecule has 0 saturated carbocycles. The summed E-state index contributed by atoms with van der Waals surface area (Å²) in [5, 5.41) is 0. The molecule has 0 bridgehead atoms. The predicted octanol–water partition coefficient (Wildman–Crippen LogP) is 3.75. The zero-order chi connectivity index (χ0) is 19.0. The van der Waals surface area contributed by atoms with Crippen molar-refractivity contribution in [1.29, 1.82) is 0 Å². The number of rotatable bonds is 4. The third kappa shape index (κ3) is 3.33. The van der Waals surface area contributed by atoms with Crippen molar-refractivity contribution in [3.05, 3.63) is 88.4 Å². The Hall–Kier alpha value is -3.41. The van der Waals surface area contributed by atoms with Gasteiger partial charge in [0.1, 0.15) is 24.0 Å². The van der Waals surface area contributed by atoms with E-state index in [4.69, 9.17) is 4.74 Å². The first-order valence-corrected chi connectivity index (χ1v) is 8.55. The summed E-state index contributed by atoms with van der Waals surface area (Å²) in [7, 11) is 1.95. The largest absolute Gasteiger partial charge is 0.489 e. The number of ether oxygens (including phenoxy) is 1. The number of halogens is 1. The maximum atomic E-state index is 12.9. The standard InChI is InChI=1S/C21H18FN3O2/c1-14-23-19-8-7-17(11-20(19)24(14)2)25-10-9-18(12-21(25)26)27-13-15-3-5-16(22)6-4-15/h3-12H,13H2,1-2H3. The molecular weight excluding hydrogens is 345 g/mol. The Bertz CT molecular complexity index is 1180. The molecule has 2 aromatic heterocycles. The summed E-state index contributed by atoms with van der Waals surface area (Å²) in [6.45, 7) is 2.21. The van der Waals surface area contributed by atoms with Gasteiger partial charge in [-0.05, 0) is 48.9 Å². The summed E-state index contributed by atoms with van der Waals surface area (Å²) in [6.07, 6.45) is 1.69. The fourth-order valence-electron chi connectivity index (χ4n) is 2.96. The number of benzene rings is 2. The lowest BCUT2D eigenvalue weighted by Gasteiger charge is -2.09. The monoisotopic (exact) mass is 363 g/mol. The second-order valence-electron chi connectivity index (χ2n) is 6.38. The molecule has 6 heteroatoms. The summed E-state index contributed by atoms with van der Waals surface area (Å²) in [4.78, 5) is 17.0. The van der Waals surface area contributed by atoms with Gasteiger partial charge in [-0.15, -0.1) is 0 Å². The van der Waals surface area contributed by atoms with E-state index in [0.717, 1.165) is 28.1 Å². The van der Waals surface area contributed by atoms with Crippen LogP contribution in [0.2, 0.25) is 0 Å². The number of nitrogens with zero attached hydrogens (tertiary/aromatic N) is 3. The second-order valence-corrected chi connectivity index (χ2v) is 6.38. The Balaban J connectivity index is 1.59. The SMILES string of the molecule is Cc1nc2ccc(-n3ccc(OCc4ccc(F)cc4)cc3=O)cc2n1C. The van der Waals surface area contributed by atoms with E-state index >= 15 is 0 Å². The molecule has 0 radical (unpaired) electrons. The van der Waals surface area contributed by atoms with Gasteiger partial charge in [0.25, 0.3) is 5.56 Å². The molecule has 0 fully saturated rings. The topological polar surface area (TPSA) is 49.1 Å². The third-order valence-electron chi connectivity index (χ3n) is 4.58. The zero-order valence-corrected chi connectivity index (χ0v) is 15.0. The maximum Gasteiger partial charge on any atom is 0.258 e. The van der Waals surface area contributed by atoms with E-state index in [2.05, 4.69) is 4.98 Å². The Morgan fingerprint density at radius 1 is 1.07 bits per heavy atom. The molecule has 5 nitrogen and oxygen atoms in total. The van der Waals surface area contributed by atoms with Crippen LogP contribution in [0.5, 0.6) is 5.75 Å². The summed E-state index contributed by atoms with van der Waals surface area (Å²) in [5.41, 5.74) is 3.27. The van der Waals surface area contributed by atoms with Crippen LogP contribution in [0.3, 0.4) is 0 Å². The quantitative estimate of drug-likeness (QED) is 0.555. The molecule has 0 N–H and O–H groups in total. The number of hydrogen-bond acceptors (Lipinski definition) is 3. The van der Waals surface area contributed by atoms with Gasteiger partial charge in [0.2, 0.25) is 0 Å². The highest BCUT2D eigenvalue weighted by molar-refractivity contribution is 5.78. The molecule has 27 heavy (non-hydrogen) atoms. The van der Waals surface area contributed by atoms with Crippen molar-refractivity contribution >= 4 is 11.0 Å². The Kier molecular flexibility index (Phi) is 4.24. The van der Waals surface area contributed by atoms with Crippen LogP contribution < -0.4 is 10.3 Å². The van der Waals surface area contributed by atoms with Gasteiger partial charge >= 0.3 is 0 Å². The molecule has 2 aromatic carbocycles. The predicted molar refractivity (Wildman–Crippen MR) is 102 cm³/mol. The fourth-order valence-corrected chi connectivity index (χ4v) is 2.96. The normalized spacial score (nSPS) is 11.1. The molecule has 136 valence electrons. The molecule has 0 aliphatic carbocycles. The summed E-state index contributed by atoms with van der Waals surface area (Å²) in [5.74, 6) is 1.10. The van der Waals surface area contributed by atoms with Crippen molar-refractivity contribution in [2.45, 2.75) is 13.5 Å². The maximum absolute atomic E-state index is 12.9. The average Bonchev–Trinajstić information content (AvgIpc) is 2.95. The van der Waals surface area contributed by atoms with Gasteiger partial charge in [0, 0.05) is 19.3 Å². The first-order valence-electron chi connectivity index (χ1n) is 8.55. The average molecular weight is 363 g/mol. The van der Waals surface area contributed by atoms with E-state index in [9.17, 15) is 9.18 Å². The highest BCUT2D eigenvalue weighted by Gasteiger charge is 2.08. The van der Waals surface area contributed by atoms with Crippen LogP contribution in [0.15, 0.2) is 65.6 Å². The molecular formula is C21H18FN3O2. The van der Waals surface area contributed by atoms with Gasteiger partial charge in [0.05, 0.1) is 16.7 Å². The molecule has 4 rings (SSSR count). The molecule has 0 aliphatic heterocycles. The van der Waals surface area contributed by atoms with E-state index in [1.807, 2.05) is 36.7 Å². The van der Waals surface area contributed by atoms with Crippen LogP contribution in [0.4, 0.5) is 4.39 Å². The molecule has 0 atom stereocenters. The number of imidazole rings is 1. The Morgan fingerprint density at radius 3 is 2.59 bits per heavy atom. The molecule has 0 spiro atoms. The van der Waals surface area contributed by atoms with Crippen molar-refractivity contribution in [2.24, 2.45) is 7.05 Å². The van der Waals surface area contributed by atoms with Gasteiger partial charge < -0.3 is 9.30 Å². The van der Waals surface area contributed by atoms with Gasteiger partial charge in [0.15, 0.2) is 0 Å². The molecule has 0 aliphatic rings.